The molecule has 1 aliphatic rings. The van der Waals surface area contributed by atoms with E-state index >= 15 is 0 Å². The monoisotopic (exact) mass is 335 g/mol. The van der Waals surface area contributed by atoms with E-state index in [4.69, 9.17) is 16.3 Å². The average Bonchev–Trinajstić information content (AvgIpc) is 3.19. The molecule has 3 nitrogen and oxygen atoms in total. The Labute approximate surface area is 139 Å². The number of ether oxygens (including phenoxy) is 1. The molecule has 5 heteroatoms. The summed E-state index contributed by atoms with van der Waals surface area (Å²) < 4.78 is 5.54. The summed E-state index contributed by atoms with van der Waals surface area (Å²) >= 11 is 7.58. The van der Waals surface area contributed by atoms with Crippen LogP contribution in [0.4, 0.5) is 0 Å². The number of hydrogen-bond acceptors (Lipinski definition) is 3. The second-order valence-electron chi connectivity index (χ2n) is 5.45. The fraction of sp³-hybridized carbons (Fsp3) is 0.353. The summed E-state index contributed by atoms with van der Waals surface area (Å²) in [7, 11) is 0. The first kappa shape index (κ1) is 15.5. The van der Waals surface area contributed by atoms with Crippen LogP contribution in [0.25, 0.3) is 0 Å². The van der Waals surface area contributed by atoms with Crippen LogP contribution in [0.5, 0.6) is 0 Å². The summed E-state index contributed by atoms with van der Waals surface area (Å²) in [6.07, 6.45) is 2.50. The van der Waals surface area contributed by atoms with Crippen molar-refractivity contribution in [2.24, 2.45) is 0 Å². The van der Waals surface area contributed by atoms with E-state index < -0.39 is 0 Å². The van der Waals surface area contributed by atoms with Gasteiger partial charge in [-0.3, -0.25) is 4.79 Å². The van der Waals surface area contributed by atoms with Gasteiger partial charge in [0, 0.05) is 11.6 Å². The Balaban J connectivity index is 1.74. The highest BCUT2D eigenvalue weighted by Gasteiger charge is 2.22. The minimum atomic E-state index is -0.141. The smallest absolute Gasteiger partial charge is 0.223 e. The molecule has 0 saturated carbocycles. The van der Waals surface area contributed by atoms with Gasteiger partial charge in [-0.25, -0.2) is 0 Å². The number of carbonyl (C=O) groups excluding carboxylic acids is 1. The molecule has 1 fully saturated rings. The fourth-order valence-electron chi connectivity index (χ4n) is 2.69. The van der Waals surface area contributed by atoms with Crippen LogP contribution in [0.2, 0.25) is 5.02 Å². The van der Waals surface area contributed by atoms with Gasteiger partial charge in [-0.05, 0) is 52.9 Å². The molecule has 1 aromatic heterocycles. The molecule has 1 N–H and O–H groups in total. The van der Waals surface area contributed by atoms with Gasteiger partial charge in [0.05, 0.1) is 18.6 Å². The third kappa shape index (κ3) is 3.88. The maximum absolute atomic E-state index is 12.3. The lowest BCUT2D eigenvalue weighted by molar-refractivity contribution is -0.123. The maximum atomic E-state index is 12.3. The highest BCUT2D eigenvalue weighted by molar-refractivity contribution is 7.08. The highest BCUT2D eigenvalue weighted by Crippen LogP contribution is 2.26. The molecule has 1 saturated heterocycles. The van der Waals surface area contributed by atoms with Crippen molar-refractivity contribution in [3.63, 3.8) is 0 Å². The topological polar surface area (TPSA) is 38.3 Å². The number of rotatable bonds is 5. The van der Waals surface area contributed by atoms with E-state index in [0.717, 1.165) is 30.6 Å². The van der Waals surface area contributed by atoms with Crippen molar-refractivity contribution in [3.8, 4) is 0 Å². The summed E-state index contributed by atoms with van der Waals surface area (Å²) in [4.78, 5) is 12.3. The van der Waals surface area contributed by atoms with E-state index in [1.165, 1.54) is 0 Å². The molecule has 3 rings (SSSR count). The summed E-state index contributed by atoms with van der Waals surface area (Å²) in [5.41, 5.74) is 2.12. The van der Waals surface area contributed by atoms with Crippen LogP contribution in [0.3, 0.4) is 0 Å². The Morgan fingerprint density at radius 3 is 2.77 bits per heavy atom. The molecule has 2 atom stereocenters. The molecular formula is C17H18ClNO2S. The molecule has 1 aliphatic heterocycles. The lowest BCUT2D eigenvalue weighted by atomic mass is 10.0. The molecule has 1 amide bonds. The number of hydrogen-bond donors (Lipinski definition) is 1. The Kier molecular flexibility index (Phi) is 5.13. The Bertz CT molecular complexity index is 606. The van der Waals surface area contributed by atoms with Crippen LogP contribution >= 0.6 is 22.9 Å². The minimum Gasteiger partial charge on any atom is -0.378 e. The third-order valence-electron chi connectivity index (χ3n) is 3.82. The summed E-state index contributed by atoms with van der Waals surface area (Å²) in [6.45, 7) is 0.767. The van der Waals surface area contributed by atoms with Crippen molar-refractivity contribution in [2.45, 2.75) is 31.4 Å². The molecule has 22 heavy (non-hydrogen) atoms. The normalized spacial score (nSPS) is 19.0. The van der Waals surface area contributed by atoms with Crippen LogP contribution < -0.4 is 5.32 Å². The zero-order valence-electron chi connectivity index (χ0n) is 12.1. The van der Waals surface area contributed by atoms with E-state index in [0.29, 0.717) is 11.4 Å². The first-order valence-corrected chi connectivity index (χ1v) is 8.73. The van der Waals surface area contributed by atoms with Gasteiger partial charge in [-0.2, -0.15) is 11.3 Å². The van der Waals surface area contributed by atoms with Gasteiger partial charge >= 0.3 is 0 Å². The number of benzene rings is 1. The zero-order valence-corrected chi connectivity index (χ0v) is 13.7. The number of amides is 1. The number of halogens is 1. The molecule has 2 aromatic rings. The number of thiophene rings is 1. The summed E-state index contributed by atoms with van der Waals surface area (Å²) in [5, 5.41) is 7.90. The van der Waals surface area contributed by atoms with Crippen LogP contribution in [0.1, 0.15) is 36.4 Å². The van der Waals surface area contributed by atoms with Gasteiger partial charge in [0.2, 0.25) is 5.91 Å². The van der Waals surface area contributed by atoms with Crippen LogP contribution in [-0.2, 0) is 9.53 Å². The molecule has 1 aromatic carbocycles. The van der Waals surface area contributed by atoms with Crippen molar-refractivity contribution in [3.05, 3.63) is 57.2 Å². The minimum absolute atomic E-state index is 0.0260. The van der Waals surface area contributed by atoms with Crippen LogP contribution in [0, 0.1) is 0 Å². The van der Waals surface area contributed by atoms with E-state index in [9.17, 15) is 4.79 Å². The fourth-order valence-corrected chi connectivity index (χ4v) is 3.50. The molecule has 0 radical (unpaired) electrons. The summed E-state index contributed by atoms with van der Waals surface area (Å²) in [5.74, 6) is 0.0260. The van der Waals surface area contributed by atoms with Crippen LogP contribution in [-0.4, -0.2) is 18.6 Å². The van der Waals surface area contributed by atoms with Gasteiger partial charge in [0.15, 0.2) is 0 Å². The van der Waals surface area contributed by atoms with Crippen molar-refractivity contribution in [1.82, 2.24) is 5.32 Å². The predicted molar refractivity (Wildman–Crippen MR) is 89.3 cm³/mol. The lowest BCUT2D eigenvalue weighted by Crippen LogP contribution is -2.31. The first-order valence-electron chi connectivity index (χ1n) is 7.41. The number of carbonyl (C=O) groups is 1. The van der Waals surface area contributed by atoms with Crippen molar-refractivity contribution >= 4 is 28.8 Å². The van der Waals surface area contributed by atoms with E-state index in [2.05, 4.69) is 10.7 Å². The molecule has 0 unspecified atom stereocenters. The van der Waals surface area contributed by atoms with Gasteiger partial charge in [0.1, 0.15) is 0 Å². The second-order valence-corrected chi connectivity index (χ2v) is 6.66. The van der Waals surface area contributed by atoms with E-state index in [-0.39, 0.29) is 18.1 Å². The van der Waals surface area contributed by atoms with Gasteiger partial charge < -0.3 is 10.1 Å². The van der Waals surface area contributed by atoms with Gasteiger partial charge in [-0.15, -0.1) is 0 Å². The molecular weight excluding hydrogens is 318 g/mol. The zero-order chi connectivity index (χ0) is 15.4. The predicted octanol–water partition coefficient (Wildman–Crippen LogP) is 4.18. The van der Waals surface area contributed by atoms with Crippen molar-refractivity contribution in [1.29, 1.82) is 0 Å². The molecule has 0 aliphatic carbocycles. The van der Waals surface area contributed by atoms with Crippen LogP contribution in [0.15, 0.2) is 41.1 Å². The second kappa shape index (κ2) is 7.27. The maximum Gasteiger partial charge on any atom is 0.223 e. The molecule has 0 bridgehead atoms. The third-order valence-corrected chi connectivity index (χ3v) is 4.78. The largest absolute Gasteiger partial charge is 0.378 e. The number of nitrogens with one attached hydrogen (secondary N) is 1. The first-order chi connectivity index (χ1) is 10.7. The molecule has 116 valence electrons. The quantitative estimate of drug-likeness (QED) is 0.890. The Hall–Kier alpha value is -1.36. The Morgan fingerprint density at radius 1 is 1.32 bits per heavy atom. The SMILES string of the molecule is O=C(C[C@@H]1CCCO1)N[C@H](c1ccc(Cl)cc1)c1ccsc1. The van der Waals surface area contributed by atoms with Crippen molar-refractivity contribution < 1.29 is 9.53 Å². The van der Waals surface area contributed by atoms with Gasteiger partial charge in [0.25, 0.3) is 0 Å². The molecule has 2 heterocycles. The van der Waals surface area contributed by atoms with Gasteiger partial charge in [-0.1, -0.05) is 23.7 Å². The Morgan fingerprint density at radius 2 is 2.14 bits per heavy atom. The highest BCUT2D eigenvalue weighted by atomic mass is 35.5. The van der Waals surface area contributed by atoms with E-state index in [1.54, 1.807) is 11.3 Å². The lowest BCUT2D eigenvalue weighted by Gasteiger charge is -2.20. The summed E-state index contributed by atoms with van der Waals surface area (Å²) in [6, 6.07) is 9.51. The average molecular weight is 336 g/mol. The molecule has 0 spiro atoms. The van der Waals surface area contributed by atoms with Crippen molar-refractivity contribution in [2.75, 3.05) is 6.61 Å². The standard InChI is InChI=1S/C17H18ClNO2S/c18-14-5-3-12(4-6-14)17(13-7-9-22-11-13)19-16(20)10-15-2-1-8-21-15/h3-7,9,11,15,17H,1-2,8,10H2,(H,19,20)/t15-,17+/m0/s1. The van der Waals surface area contributed by atoms with E-state index in [1.807, 2.05) is 35.7 Å².